The molecule has 26 heavy (non-hydrogen) atoms. The lowest BCUT2D eigenvalue weighted by atomic mass is 10.2. The SMILES string of the molecule is CCOC(=O)c1cccc(NS(=O)(=O)c2ccc(OC(F)F)c(Cl)c2)c1. The molecule has 0 aliphatic carbocycles. The van der Waals surface area contributed by atoms with Crippen molar-refractivity contribution < 1.29 is 31.5 Å². The minimum atomic E-state index is -4.07. The molecular formula is C16H14ClF2NO5S. The smallest absolute Gasteiger partial charge is 0.387 e. The van der Waals surface area contributed by atoms with Crippen LogP contribution in [0.15, 0.2) is 47.4 Å². The maximum Gasteiger partial charge on any atom is 0.387 e. The Kier molecular flexibility index (Phi) is 6.38. The zero-order chi connectivity index (χ0) is 19.3. The van der Waals surface area contributed by atoms with Crippen LogP contribution in [-0.4, -0.2) is 27.6 Å². The molecule has 0 unspecified atom stereocenters. The van der Waals surface area contributed by atoms with E-state index >= 15 is 0 Å². The van der Waals surface area contributed by atoms with Crippen LogP contribution in [0.25, 0.3) is 0 Å². The highest BCUT2D eigenvalue weighted by atomic mass is 35.5. The normalized spacial score (nSPS) is 11.3. The van der Waals surface area contributed by atoms with Crippen LogP contribution in [0, 0.1) is 0 Å². The molecule has 0 radical (unpaired) electrons. The second kappa shape index (κ2) is 8.33. The highest BCUT2D eigenvalue weighted by molar-refractivity contribution is 7.92. The Morgan fingerprint density at radius 2 is 1.96 bits per heavy atom. The summed E-state index contributed by atoms with van der Waals surface area (Å²) >= 11 is 5.77. The summed E-state index contributed by atoms with van der Waals surface area (Å²) in [6.45, 7) is -1.26. The van der Waals surface area contributed by atoms with E-state index in [-0.39, 0.29) is 33.5 Å². The van der Waals surface area contributed by atoms with Crippen LogP contribution in [0.2, 0.25) is 5.02 Å². The minimum Gasteiger partial charge on any atom is -0.462 e. The Labute approximate surface area is 153 Å². The van der Waals surface area contributed by atoms with E-state index in [2.05, 4.69) is 9.46 Å². The first-order chi connectivity index (χ1) is 12.2. The molecule has 0 saturated carbocycles. The molecule has 2 aromatic rings. The van der Waals surface area contributed by atoms with Crippen molar-refractivity contribution in [3.63, 3.8) is 0 Å². The van der Waals surface area contributed by atoms with Crippen LogP contribution in [0.5, 0.6) is 5.75 Å². The number of halogens is 3. The van der Waals surface area contributed by atoms with Crippen LogP contribution in [-0.2, 0) is 14.8 Å². The second-order valence-electron chi connectivity index (χ2n) is 4.88. The number of sulfonamides is 1. The number of anilines is 1. The molecule has 0 atom stereocenters. The van der Waals surface area contributed by atoms with Crippen molar-refractivity contribution in [2.45, 2.75) is 18.4 Å². The van der Waals surface area contributed by atoms with Crippen molar-refractivity contribution in [1.29, 1.82) is 0 Å². The quantitative estimate of drug-likeness (QED) is 0.706. The van der Waals surface area contributed by atoms with Gasteiger partial charge in [-0.15, -0.1) is 0 Å². The van der Waals surface area contributed by atoms with Gasteiger partial charge in [-0.3, -0.25) is 4.72 Å². The first-order valence-corrected chi connectivity index (χ1v) is 9.13. The number of benzene rings is 2. The van der Waals surface area contributed by atoms with E-state index in [0.717, 1.165) is 18.2 Å². The molecular weight excluding hydrogens is 392 g/mol. The first kappa shape index (κ1) is 19.9. The van der Waals surface area contributed by atoms with Gasteiger partial charge in [0, 0.05) is 5.69 Å². The second-order valence-corrected chi connectivity index (χ2v) is 6.97. The van der Waals surface area contributed by atoms with Gasteiger partial charge >= 0.3 is 12.6 Å². The fourth-order valence-corrected chi connectivity index (χ4v) is 3.34. The maximum absolute atomic E-state index is 12.4. The summed E-state index contributed by atoms with van der Waals surface area (Å²) < 4.78 is 60.6. The average Bonchev–Trinajstić information content (AvgIpc) is 2.56. The molecule has 0 fully saturated rings. The lowest BCUT2D eigenvalue weighted by molar-refractivity contribution is -0.0498. The summed E-state index contributed by atoms with van der Waals surface area (Å²) in [7, 11) is -4.07. The van der Waals surface area contributed by atoms with Gasteiger partial charge in [-0.05, 0) is 43.3 Å². The van der Waals surface area contributed by atoms with Crippen molar-refractivity contribution in [1.82, 2.24) is 0 Å². The van der Waals surface area contributed by atoms with E-state index in [4.69, 9.17) is 16.3 Å². The molecule has 0 saturated heterocycles. The lowest BCUT2D eigenvalue weighted by Gasteiger charge is -2.11. The first-order valence-electron chi connectivity index (χ1n) is 7.27. The van der Waals surface area contributed by atoms with Crippen molar-refractivity contribution in [2.75, 3.05) is 11.3 Å². The molecule has 0 aliphatic heterocycles. The maximum atomic E-state index is 12.4. The number of esters is 1. The van der Waals surface area contributed by atoms with Gasteiger partial charge in [-0.25, -0.2) is 13.2 Å². The highest BCUT2D eigenvalue weighted by Gasteiger charge is 2.18. The van der Waals surface area contributed by atoms with Gasteiger partial charge in [0.2, 0.25) is 0 Å². The van der Waals surface area contributed by atoms with Gasteiger partial charge < -0.3 is 9.47 Å². The van der Waals surface area contributed by atoms with Crippen molar-refractivity contribution in [3.05, 3.63) is 53.1 Å². The summed E-state index contributed by atoms with van der Waals surface area (Å²) in [6.07, 6.45) is 0. The Balaban J connectivity index is 2.25. The molecule has 140 valence electrons. The topological polar surface area (TPSA) is 81.7 Å². The summed E-state index contributed by atoms with van der Waals surface area (Å²) in [6, 6.07) is 8.79. The van der Waals surface area contributed by atoms with Gasteiger partial charge in [0.25, 0.3) is 10.0 Å². The molecule has 0 aliphatic rings. The van der Waals surface area contributed by atoms with E-state index < -0.39 is 22.6 Å². The molecule has 6 nitrogen and oxygen atoms in total. The number of carbonyl (C=O) groups is 1. The number of rotatable bonds is 7. The Hall–Kier alpha value is -2.39. The van der Waals surface area contributed by atoms with Crippen molar-refractivity contribution in [2.24, 2.45) is 0 Å². The Bertz CT molecular complexity index is 905. The van der Waals surface area contributed by atoms with E-state index in [9.17, 15) is 22.0 Å². The molecule has 0 heterocycles. The van der Waals surface area contributed by atoms with Crippen LogP contribution >= 0.6 is 11.6 Å². The number of alkyl halides is 2. The van der Waals surface area contributed by atoms with E-state index in [1.54, 1.807) is 6.92 Å². The molecule has 2 aromatic carbocycles. The molecule has 2 rings (SSSR count). The third-order valence-electron chi connectivity index (χ3n) is 3.06. The van der Waals surface area contributed by atoms with Crippen LogP contribution in [0.1, 0.15) is 17.3 Å². The fraction of sp³-hybridized carbons (Fsp3) is 0.188. The minimum absolute atomic E-state index is 0.125. The number of carbonyl (C=O) groups excluding carboxylic acids is 1. The summed E-state index contributed by atoms with van der Waals surface area (Å²) in [5, 5.41) is -0.284. The van der Waals surface area contributed by atoms with Crippen LogP contribution in [0.4, 0.5) is 14.5 Å². The number of nitrogens with one attached hydrogen (secondary N) is 1. The van der Waals surface area contributed by atoms with Gasteiger partial charge in [0.15, 0.2) is 0 Å². The number of hydrogen-bond donors (Lipinski definition) is 1. The zero-order valence-electron chi connectivity index (χ0n) is 13.4. The monoisotopic (exact) mass is 405 g/mol. The molecule has 0 spiro atoms. The lowest BCUT2D eigenvalue weighted by Crippen LogP contribution is -2.14. The highest BCUT2D eigenvalue weighted by Crippen LogP contribution is 2.29. The number of ether oxygens (including phenoxy) is 2. The van der Waals surface area contributed by atoms with E-state index in [1.807, 2.05) is 0 Å². The van der Waals surface area contributed by atoms with Crippen molar-refractivity contribution >= 4 is 33.3 Å². The largest absolute Gasteiger partial charge is 0.462 e. The standard InChI is InChI=1S/C16H14ClF2NO5S/c1-2-24-15(21)10-4-3-5-11(8-10)20-26(22,23)12-6-7-14(13(17)9-12)25-16(18)19/h3-9,16,20H,2H2,1H3. The summed E-state index contributed by atoms with van der Waals surface area (Å²) in [5.41, 5.74) is 0.297. The van der Waals surface area contributed by atoms with Gasteiger partial charge in [-0.1, -0.05) is 17.7 Å². The van der Waals surface area contributed by atoms with Gasteiger partial charge in [0.1, 0.15) is 5.75 Å². The Morgan fingerprint density at radius 1 is 1.23 bits per heavy atom. The Morgan fingerprint density at radius 3 is 2.58 bits per heavy atom. The third-order valence-corrected chi connectivity index (χ3v) is 4.73. The predicted molar refractivity (Wildman–Crippen MR) is 91.3 cm³/mol. The van der Waals surface area contributed by atoms with Gasteiger partial charge in [0.05, 0.1) is 22.1 Å². The van der Waals surface area contributed by atoms with Crippen molar-refractivity contribution in [3.8, 4) is 5.75 Å². The van der Waals surface area contributed by atoms with E-state index in [0.29, 0.717) is 0 Å². The average molecular weight is 406 g/mol. The third kappa shape index (κ3) is 5.06. The molecule has 0 amide bonds. The molecule has 0 aromatic heterocycles. The fourth-order valence-electron chi connectivity index (χ4n) is 1.98. The van der Waals surface area contributed by atoms with Crippen LogP contribution in [0.3, 0.4) is 0 Å². The predicted octanol–water partition coefficient (Wildman–Crippen LogP) is 3.92. The zero-order valence-corrected chi connectivity index (χ0v) is 15.0. The van der Waals surface area contributed by atoms with Crippen LogP contribution < -0.4 is 9.46 Å². The summed E-state index contributed by atoms with van der Waals surface area (Å²) in [5.74, 6) is -0.935. The number of hydrogen-bond acceptors (Lipinski definition) is 5. The van der Waals surface area contributed by atoms with Gasteiger partial charge in [-0.2, -0.15) is 8.78 Å². The molecule has 0 bridgehead atoms. The molecule has 1 N–H and O–H groups in total. The summed E-state index contributed by atoms with van der Waals surface area (Å²) in [4.78, 5) is 11.5. The molecule has 10 heteroatoms. The van der Waals surface area contributed by atoms with E-state index in [1.165, 1.54) is 24.3 Å².